The fourth-order valence-electron chi connectivity index (χ4n) is 4.25. The van der Waals surface area contributed by atoms with Gasteiger partial charge in [-0.2, -0.15) is 0 Å². The zero-order valence-corrected chi connectivity index (χ0v) is 18.5. The topological polar surface area (TPSA) is 66.0 Å². The Labute approximate surface area is 181 Å². The average Bonchev–Trinajstić information content (AvgIpc) is 3.00. The molecule has 1 amide bonds. The van der Waals surface area contributed by atoms with E-state index in [0.717, 1.165) is 32.0 Å². The summed E-state index contributed by atoms with van der Waals surface area (Å²) in [5.74, 6) is 1.07. The Bertz CT molecular complexity index is 684. The Morgan fingerprint density at radius 1 is 1.10 bits per heavy atom. The first-order valence-electron chi connectivity index (χ1n) is 11.7. The van der Waals surface area contributed by atoms with Crippen molar-refractivity contribution >= 4 is 11.9 Å². The molecule has 30 heavy (non-hydrogen) atoms. The molecule has 1 aliphatic heterocycles. The maximum atomic E-state index is 12.0. The van der Waals surface area contributed by atoms with Gasteiger partial charge in [0.05, 0.1) is 19.3 Å². The van der Waals surface area contributed by atoms with Gasteiger partial charge >= 0.3 is 0 Å². The number of amides is 1. The number of carbonyl (C=O) groups is 1. The number of guanidine groups is 1. The Morgan fingerprint density at radius 3 is 2.57 bits per heavy atom. The predicted octanol–water partition coefficient (Wildman–Crippen LogP) is 3.60. The number of benzene rings is 1. The number of carbonyl (C=O) groups excluding carboxylic acids is 1. The van der Waals surface area contributed by atoms with Crippen LogP contribution in [0.4, 0.5) is 0 Å². The Hall–Kier alpha value is -2.08. The fourth-order valence-corrected chi connectivity index (χ4v) is 4.25. The number of hydrogen-bond donors (Lipinski definition) is 2. The smallest absolute Gasteiger partial charge is 0.222 e. The van der Waals surface area contributed by atoms with Gasteiger partial charge in [-0.05, 0) is 37.3 Å². The van der Waals surface area contributed by atoms with E-state index in [2.05, 4.69) is 29.7 Å². The molecule has 1 aliphatic carbocycles. The fraction of sp³-hybridized carbons (Fsp3) is 0.667. The highest BCUT2D eigenvalue weighted by atomic mass is 16.5. The van der Waals surface area contributed by atoms with Crippen molar-refractivity contribution in [2.75, 3.05) is 26.2 Å². The van der Waals surface area contributed by atoms with Crippen LogP contribution in [0.2, 0.25) is 0 Å². The molecular weight excluding hydrogens is 376 g/mol. The van der Waals surface area contributed by atoms with Crippen LogP contribution in [-0.2, 0) is 22.6 Å². The Kier molecular flexibility index (Phi) is 9.48. The lowest BCUT2D eigenvalue weighted by molar-refractivity contribution is -0.128. The highest BCUT2D eigenvalue weighted by Crippen LogP contribution is 2.20. The SMILES string of the molecule is CCNC(=NCc1ccccc1CN1CCCC1=O)NCCOC1CCCCCC1. The molecule has 6 heteroatoms. The summed E-state index contributed by atoms with van der Waals surface area (Å²) in [6.07, 6.45) is 9.76. The quantitative estimate of drug-likeness (QED) is 0.280. The van der Waals surface area contributed by atoms with Crippen LogP contribution in [-0.4, -0.2) is 49.1 Å². The lowest BCUT2D eigenvalue weighted by Crippen LogP contribution is -2.39. The largest absolute Gasteiger partial charge is 0.376 e. The van der Waals surface area contributed by atoms with Gasteiger partial charge in [-0.25, -0.2) is 4.99 Å². The van der Waals surface area contributed by atoms with Gasteiger partial charge in [0.15, 0.2) is 5.96 Å². The van der Waals surface area contributed by atoms with Crippen LogP contribution in [0.25, 0.3) is 0 Å². The standard InChI is InChI=1S/C24H38N4O2/c1-2-25-24(26-15-17-30-22-12-5-3-4-6-13-22)27-18-20-10-7-8-11-21(20)19-28-16-9-14-23(28)29/h7-8,10-11,22H,2-6,9,12-19H2,1H3,(H2,25,26,27). The van der Waals surface area contributed by atoms with E-state index < -0.39 is 0 Å². The summed E-state index contributed by atoms with van der Waals surface area (Å²) >= 11 is 0. The number of aliphatic imine (C=N–C) groups is 1. The summed E-state index contributed by atoms with van der Waals surface area (Å²) < 4.78 is 6.08. The molecular formula is C24H38N4O2. The number of rotatable bonds is 9. The van der Waals surface area contributed by atoms with E-state index in [1.807, 2.05) is 17.0 Å². The molecule has 0 aromatic heterocycles. The molecule has 0 atom stereocenters. The second kappa shape index (κ2) is 12.6. The van der Waals surface area contributed by atoms with Crippen LogP contribution in [0.5, 0.6) is 0 Å². The highest BCUT2D eigenvalue weighted by molar-refractivity contribution is 5.79. The molecule has 1 saturated carbocycles. The molecule has 1 aromatic carbocycles. The molecule has 6 nitrogen and oxygen atoms in total. The molecule has 0 bridgehead atoms. The zero-order chi connectivity index (χ0) is 21.0. The minimum absolute atomic E-state index is 0.261. The van der Waals surface area contributed by atoms with Crippen molar-refractivity contribution in [3.63, 3.8) is 0 Å². The van der Waals surface area contributed by atoms with Crippen molar-refractivity contribution in [2.45, 2.75) is 77.5 Å². The van der Waals surface area contributed by atoms with E-state index in [9.17, 15) is 4.79 Å². The lowest BCUT2D eigenvalue weighted by atomic mass is 10.1. The summed E-state index contributed by atoms with van der Waals surface area (Å²) in [5.41, 5.74) is 2.35. The first-order valence-corrected chi connectivity index (χ1v) is 11.7. The Balaban J connectivity index is 1.49. The van der Waals surface area contributed by atoms with E-state index in [1.54, 1.807) is 0 Å². The molecule has 0 spiro atoms. The third-order valence-corrected chi connectivity index (χ3v) is 5.95. The van der Waals surface area contributed by atoms with Crippen molar-refractivity contribution in [1.29, 1.82) is 0 Å². The van der Waals surface area contributed by atoms with Crippen molar-refractivity contribution < 1.29 is 9.53 Å². The molecule has 2 N–H and O–H groups in total. The third-order valence-electron chi connectivity index (χ3n) is 5.95. The second-order valence-electron chi connectivity index (χ2n) is 8.29. The number of nitrogens with zero attached hydrogens (tertiary/aromatic N) is 2. The second-order valence-corrected chi connectivity index (χ2v) is 8.29. The van der Waals surface area contributed by atoms with Gasteiger partial charge < -0.3 is 20.3 Å². The molecule has 1 aromatic rings. The zero-order valence-electron chi connectivity index (χ0n) is 18.5. The molecule has 2 fully saturated rings. The highest BCUT2D eigenvalue weighted by Gasteiger charge is 2.20. The van der Waals surface area contributed by atoms with Crippen molar-refractivity contribution in [2.24, 2.45) is 4.99 Å². The van der Waals surface area contributed by atoms with Crippen LogP contribution in [0, 0.1) is 0 Å². The number of ether oxygens (including phenoxy) is 1. The summed E-state index contributed by atoms with van der Waals surface area (Å²) in [6.45, 7) is 6.50. The van der Waals surface area contributed by atoms with Gasteiger partial charge in [-0.15, -0.1) is 0 Å². The normalized spacial score (nSPS) is 18.5. The minimum atomic E-state index is 0.261. The van der Waals surface area contributed by atoms with Crippen LogP contribution in [0.3, 0.4) is 0 Å². The van der Waals surface area contributed by atoms with Crippen LogP contribution < -0.4 is 10.6 Å². The molecule has 1 saturated heterocycles. The van der Waals surface area contributed by atoms with Crippen molar-refractivity contribution in [3.8, 4) is 0 Å². The summed E-state index contributed by atoms with van der Waals surface area (Å²) in [5, 5.41) is 6.71. The Morgan fingerprint density at radius 2 is 1.87 bits per heavy atom. The monoisotopic (exact) mass is 414 g/mol. The molecule has 1 heterocycles. The number of likely N-dealkylation sites (tertiary alicyclic amines) is 1. The van der Waals surface area contributed by atoms with Crippen molar-refractivity contribution in [3.05, 3.63) is 35.4 Å². The average molecular weight is 415 g/mol. The number of nitrogens with one attached hydrogen (secondary N) is 2. The first-order chi connectivity index (χ1) is 14.8. The van der Waals surface area contributed by atoms with E-state index in [0.29, 0.717) is 32.2 Å². The van der Waals surface area contributed by atoms with Gasteiger partial charge in [0.25, 0.3) is 0 Å². The molecule has 0 unspecified atom stereocenters. The number of hydrogen-bond acceptors (Lipinski definition) is 3. The van der Waals surface area contributed by atoms with Gasteiger partial charge in [0.2, 0.25) is 5.91 Å². The van der Waals surface area contributed by atoms with Crippen LogP contribution >= 0.6 is 0 Å². The van der Waals surface area contributed by atoms with Gasteiger partial charge in [0, 0.05) is 32.6 Å². The maximum Gasteiger partial charge on any atom is 0.222 e. The molecule has 166 valence electrons. The van der Waals surface area contributed by atoms with Crippen LogP contribution in [0.1, 0.15) is 69.4 Å². The maximum absolute atomic E-state index is 12.0. The van der Waals surface area contributed by atoms with E-state index in [-0.39, 0.29) is 5.91 Å². The van der Waals surface area contributed by atoms with Crippen molar-refractivity contribution in [1.82, 2.24) is 15.5 Å². The van der Waals surface area contributed by atoms with Crippen LogP contribution in [0.15, 0.2) is 29.3 Å². The summed E-state index contributed by atoms with van der Waals surface area (Å²) in [6, 6.07) is 8.30. The summed E-state index contributed by atoms with van der Waals surface area (Å²) in [7, 11) is 0. The summed E-state index contributed by atoms with van der Waals surface area (Å²) in [4.78, 5) is 18.7. The lowest BCUT2D eigenvalue weighted by Gasteiger charge is -2.18. The molecule has 0 radical (unpaired) electrons. The molecule has 3 rings (SSSR count). The molecule has 2 aliphatic rings. The van der Waals surface area contributed by atoms with E-state index in [4.69, 9.17) is 9.73 Å². The third kappa shape index (κ3) is 7.31. The van der Waals surface area contributed by atoms with E-state index >= 15 is 0 Å². The first kappa shape index (κ1) is 22.6. The van der Waals surface area contributed by atoms with Gasteiger partial charge in [0.1, 0.15) is 0 Å². The van der Waals surface area contributed by atoms with E-state index in [1.165, 1.54) is 49.7 Å². The van der Waals surface area contributed by atoms with Gasteiger partial charge in [-0.3, -0.25) is 4.79 Å². The van der Waals surface area contributed by atoms with Gasteiger partial charge in [-0.1, -0.05) is 49.9 Å². The minimum Gasteiger partial charge on any atom is -0.376 e. The predicted molar refractivity (Wildman–Crippen MR) is 121 cm³/mol.